The topological polar surface area (TPSA) is 122 Å². The molecule has 2 saturated carbocycles. The first-order valence-electron chi connectivity index (χ1n) is 13.6. The summed E-state index contributed by atoms with van der Waals surface area (Å²) in [6.45, 7) is 3.75. The van der Waals surface area contributed by atoms with Gasteiger partial charge in [0.15, 0.2) is 5.65 Å². The monoisotopic (exact) mass is 557 g/mol. The van der Waals surface area contributed by atoms with Gasteiger partial charge >= 0.3 is 0 Å². The fourth-order valence-corrected chi connectivity index (χ4v) is 6.91. The van der Waals surface area contributed by atoms with Gasteiger partial charge in [-0.05, 0) is 78.6 Å². The van der Waals surface area contributed by atoms with Crippen LogP contribution in [-0.2, 0) is 10.0 Å². The number of benzene rings is 1. The van der Waals surface area contributed by atoms with Crippen LogP contribution in [0.25, 0.3) is 22.4 Å². The van der Waals surface area contributed by atoms with E-state index in [1.807, 2.05) is 13.8 Å². The van der Waals surface area contributed by atoms with Crippen LogP contribution in [-0.4, -0.2) is 64.3 Å². The Labute approximate surface area is 228 Å². The quantitative estimate of drug-likeness (QED) is 0.424. The van der Waals surface area contributed by atoms with E-state index in [9.17, 15) is 13.2 Å². The molecule has 39 heavy (non-hydrogen) atoms. The van der Waals surface area contributed by atoms with E-state index < -0.39 is 26.6 Å². The van der Waals surface area contributed by atoms with E-state index >= 15 is 4.39 Å². The zero-order valence-electron chi connectivity index (χ0n) is 22.8. The smallest absolute Gasteiger partial charge is 0.278 e. The summed E-state index contributed by atoms with van der Waals surface area (Å²) in [4.78, 5) is 29.5. The number of sulfonamides is 1. The van der Waals surface area contributed by atoms with Crippen molar-refractivity contribution in [2.45, 2.75) is 82.2 Å². The Morgan fingerprint density at radius 3 is 2.38 bits per heavy atom. The van der Waals surface area contributed by atoms with Gasteiger partial charge in [-0.25, -0.2) is 22.8 Å². The van der Waals surface area contributed by atoms with E-state index in [-0.39, 0.29) is 29.0 Å². The molecule has 2 N–H and O–H groups in total. The SMILES string of the molecule is CC(C)n1c(=O)c(-c2ccc(NS(=O)(=O)C3CCC3)c(F)c2)nc2cnc(N[C@H]3CC[C@H](N(C)C)CC3)nc21. The van der Waals surface area contributed by atoms with Crippen LogP contribution in [0.15, 0.2) is 29.2 Å². The van der Waals surface area contributed by atoms with E-state index in [1.54, 1.807) is 10.8 Å². The van der Waals surface area contributed by atoms with E-state index in [4.69, 9.17) is 0 Å². The molecular formula is C27H36FN7O3S. The fourth-order valence-electron chi connectivity index (χ4n) is 5.32. The third kappa shape index (κ3) is 5.62. The van der Waals surface area contributed by atoms with Crippen molar-refractivity contribution < 1.29 is 12.8 Å². The first kappa shape index (κ1) is 27.4. The number of rotatable bonds is 8. The summed E-state index contributed by atoms with van der Waals surface area (Å²) in [5.74, 6) is -0.319. The van der Waals surface area contributed by atoms with Crippen LogP contribution in [0.1, 0.15) is 64.8 Å². The zero-order valence-corrected chi connectivity index (χ0v) is 23.6. The third-order valence-corrected chi connectivity index (χ3v) is 9.75. The van der Waals surface area contributed by atoms with Crippen molar-refractivity contribution >= 4 is 32.8 Å². The molecule has 210 valence electrons. The predicted molar refractivity (Wildman–Crippen MR) is 151 cm³/mol. The second kappa shape index (κ2) is 10.8. The number of aromatic nitrogens is 4. The van der Waals surface area contributed by atoms with Gasteiger partial charge in [0, 0.05) is 23.7 Å². The molecule has 0 spiro atoms. The van der Waals surface area contributed by atoms with Crippen LogP contribution in [0.5, 0.6) is 0 Å². The summed E-state index contributed by atoms with van der Waals surface area (Å²) in [7, 11) is 0.568. The average molecular weight is 558 g/mol. The van der Waals surface area contributed by atoms with Crippen molar-refractivity contribution in [1.82, 2.24) is 24.4 Å². The largest absolute Gasteiger partial charge is 0.351 e. The van der Waals surface area contributed by atoms with Crippen LogP contribution in [0, 0.1) is 5.82 Å². The minimum atomic E-state index is -3.65. The molecule has 0 unspecified atom stereocenters. The van der Waals surface area contributed by atoms with Crippen LogP contribution >= 0.6 is 0 Å². The molecule has 2 aliphatic carbocycles. The molecule has 1 aromatic carbocycles. The van der Waals surface area contributed by atoms with Gasteiger partial charge in [-0.1, -0.05) is 12.5 Å². The van der Waals surface area contributed by atoms with Crippen LogP contribution in [0.2, 0.25) is 0 Å². The third-order valence-electron chi connectivity index (χ3n) is 7.89. The summed E-state index contributed by atoms with van der Waals surface area (Å²) in [6, 6.07) is 4.58. The lowest BCUT2D eigenvalue weighted by molar-refractivity contribution is 0.221. The molecule has 3 aromatic rings. The van der Waals surface area contributed by atoms with Crippen LogP contribution in [0.4, 0.5) is 16.0 Å². The molecule has 12 heteroatoms. The number of hydrogen-bond donors (Lipinski definition) is 2. The number of nitrogens with zero attached hydrogens (tertiary/aromatic N) is 5. The maximum atomic E-state index is 15.0. The lowest BCUT2D eigenvalue weighted by Crippen LogP contribution is -2.36. The van der Waals surface area contributed by atoms with Gasteiger partial charge in [0.1, 0.15) is 17.0 Å². The van der Waals surface area contributed by atoms with Crippen molar-refractivity contribution in [3.63, 3.8) is 0 Å². The highest BCUT2D eigenvalue weighted by atomic mass is 32.2. The van der Waals surface area contributed by atoms with Gasteiger partial charge < -0.3 is 10.2 Å². The van der Waals surface area contributed by atoms with Gasteiger partial charge in [-0.15, -0.1) is 0 Å². The predicted octanol–water partition coefficient (Wildman–Crippen LogP) is 4.15. The van der Waals surface area contributed by atoms with Crippen molar-refractivity contribution in [3.8, 4) is 11.3 Å². The average Bonchev–Trinajstić information content (AvgIpc) is 2.83. The number of halogens is 1. The standard InChI is InChI=1S/C27H36FN7O3S/c1-16(2)35-25-23(15-29-27(32-25)30-18-9-11-19(12-10-18)34(3)4)31-24(26(35)36)17-8-13-22(21(28)14-17)33-39(37,38)20-6-5-7-20/h8,13-16,18-20,33H,5-7,9-12H2,1-4H3,(H,29,30,32)/t18-,19-. The van der Waals surface area contributed by atoms with Crippen LogP contribution in [0.3, 0.4) is 0 Å². The Morgan fingerprint density at radius 2 is 1.79 bits per heavy atom. The summed E-state index contributed by atoms with van der Waals surface area (Å²) in [5, 5.41) is 2.93. The molecule has 2 fully saturated rings. The second-order valence-corrected chi connectivity index (χ2v) is 13.1. The normalized spacial score (nSPS) is 20.4. The van der Waals surface area contributed by atoms with Crippen molar-refractivity contribution in [1.29, 1.82) is 0 Å². The number of anilines is 2. The maximum absolute atomic E-state index is 15.0. The molecule has 10 nitrogen and oxygen atoms in total. The molecule has 2 aromatic heterocycles. The van der Waals surface area contributed by atoms with Crippen molar-refractivity contribution in [2.75, 3.05) is 24.1 Å². The molecule has 0 radical (unpaired) electrons. The Balaban J connectivity index is 1.44. The fraction of sp³-hybridized carbons (Fsp3) is 0.556. The Hall–Kier alpha value is -3.12. The van der Waals surface area contributed by atoms with Gasteiger partial charge in [-0.3, -0.25) is 14.1 Å². The number of hydrogen-bond acceptors (Lipinski definition) is 8. The van der Waals surface area contributed by atoms with E-state index in [1.165, 1.54) is 12.1 Å². The molecular weight excluding hydrogens is 521 g/mol. The number of fused-ring (bicyclic) bond motifs is 1. The lowest BCUT2D eigenvalue weighted by Gasteiger charge is -2.32. The highest BCUT2D eigenvalue weighted by molar-refractivity contribution is 7.93. The summed E-state index contributed by atoms with van der Waals surface area (Å²) in [5.41, 5.74) is 0.569. The Kier molecular flexibility index (Phi) is 7.60. The van der Waals surface area contributed by atoms with Gasteiger partial charge in [-0.2, -0.15) is 4.98 Å². The molecule has 0 atom stereocenters. The molecule has 0 bridgehead atoms. The van der Waals surface area contributed by atoms with E-state index in [0.717, 1.165) is 38.2 Å². The molecule has 0 saturated heterocycles. The molecule has 0 amide bonds. The highest BCUT2D eigenvalue weighted by Gasteiger charge is 2.32. The van der Waals surface area contributed by atoms with Gasteiger partial charge in [0.05, 0.1) is 17.1 Å². The molecule has 2 heterocycles. The first-order chi connectivity index (χ1) is 18.5. The molecule has 0 aliphatic heterocycles. The lowest BCUT2D eigenvalue weighted by atomic mass is 9.91. The van der Waals surface area contributed by atoms with Crippen molar-refractivity contribution in [2.24, 2.45) is 0 Å². The first-order valence-corrected chi connectivity index (χ1v) is 15.1. The minimum Gasteiger partial charge on any atom is -0.351 e. The Morgan fingerprint density at radius 1 is 1.08 bits per heavy atom. The van der Waals surface area contributed by atoms with Gasteiger partial charge in [0.25, 0.3) is 5.56 Å². The van der Waals surface area contributed by atoms with E-state index in [0.29, 0.717) is 36.0 Å². The summed E-state index contributed by atoms with van der Waals surface area (Å²) in [6.07, 6.45) is 7.78. The Bertz CT molecular complexity index is 1530. The molecule has 5 rings (SSSR count). The van der Waals surface area contributed by atoms with Crippen molar-refractivity contribution in [3.05, 3.63) is 40.6 Å². The summed E-state index contributed by atoms with van der Waals surface area (Å²) < 4.78 is 43.8. The second-order valence-electron chi connectivity index (χ2n) is 11.1. The minimum absolute atomic E-state index is 0.0508. The highest BCUT2D eigenvalue weighted by Crippen LogP contribution is 2.30. The number of nitrogens with one attached hydrogen (secondary N) is 2. The molecule has 2 aliphatic rings. The zero-order chi connectivity index (χ0) is 27.9. The summed E-state index contributed by atoms with van der Waals surface area (Å²) >= 11 is 0. The van der Waals surface area contributed by atoms with Gasteiger partial charge in [0.2, 0.25) is 16.0 Å². The van der Waals surface area contributed by atoms with Crippen LogP contribution < -0.4 is 15.6 Å². The maximum Gasteiger partial charge on any atom is 0.278 e. The van der Waals surface area contributed by atoms with E-state index in [2.05, 4.69) is 44.0 Å².